The molecular weight excluding hydrogens is 564 g/mol. The van der Waals surface area contributed by atoms with Crippen LogP contribution in [0.4, 0.5) is 5.69 Å². The van der Waals surface area contributed by atoms with Gasteiger partial charge in [0, 0.05) is 29.0 Å². The highest BCUT2D eigenvalue weighted by Crippen LogP contribution is 2.37. The van der Waals surface area contributed by atoms with Crippen molar-refractivity contribution in [1.82, 2.24) is 0 Å². The third-order valence-electron chi connectivity index (χ3n) is 6.10. The highest BCUT2D eigenvalue weighted by molar-refractivity contribution is 7.69. The maximum absolute atomic E-state index is 12.9. The first-order valence-electron chi connectivity index (χ1n) is 12.8. The predicted octanol–water partition coefficient (Wildman–Crippen LogP) is 5.56. The molecule has 0 fully saturated rings. The largest absolute Gasteiger partial charge is 0.478 e. The van der Waals surface area contributed by atoms with Crippen LogP contribution in [-0.2, 0) is 38.4 Å². The Morgan fingerprint density at radius 2 is 1.95 bits per heavy atom. The second kappa shape index (κ2) is 13.7. The number of allylic oxidation sites excluding steroid dienone is 4. The van der Waals surface area contributed by atoms with Crippen molar-refractivity contribution in [2.45, 2.75) is 26.7 Å². The van der Waals surface area contributed by atoms with Gasteiger partial charge in [-0.15, -0.1) is 0 Å². The van der Waals surface area contributed by atoms with Gasteiger partial charge < -0.3 is 32.2 Å². The Kier molecular flexibility index (Phi) is 9.84. The summed E-state index contributed by atoms with van der Waals surface area (Å²) in [6.45, 7) is 3.90. The summed E-state index contributed by atoms with van der Waals surface area (Å²) >= 11 is 0. The Labute approximate surface area is 243 Å². The van der Waals surface area contributed by atoms with Crippen molar-refractivity contribution in [3.63, 3.8) is 0 Å². The van der Waals surface area contributed by atoms with Gasteiger partial charge >= 0.3 is 17.9 Å². The number of oxime groups is 1. The second-order valence-corrected chi connectivity index (χ2v) is 9.84. The molecule has 0 saturated carbocycles. The van der Waals surface area contributed by atoms with E-state index in [9.17, 15) is 23.7 Å². The van der Waals surface area contributed by atoms with Crippen LogP contribution in [0.25, 0.3) is 5.57 Å². The number of benzene rings is 2. The lowest BCUT2D eigenvalue weighted by Crippen LogP contribution is -2.12. The summed E-state index contributed by atoms with van der Waals surface area (Å²) in [7, 11) is -0.755. The number of ether oxygens (including phenoxy) is 2. The van der Waals surface area contributed by atoms with Crippen LogP contribution in [0, 0.1) is 0 Å². The number of carbonyl (C=O) groups is 3. The SMILES string of the molecule is CCCCO[S-](=O)=Nc1ccccc1C1=NOC(=O)\C1=C/C(C)=C/C(C(=O)OC)=C1/C=COc2cccc(C(=O)O)c21. The molecule has 42 heavy (non-hydrogen) atoms. The fourth-order valence-electron chi connectivity index (χ4n) is 4.16. The van der Waals surface area contributed by atoms with E-state index in [0.717, 1.165) is 12.8 Å². The minimum Gasteiger partial charge on any atom is -0.478 e. The Bertz CT molecular complexity index is 1670. The van der Waals surface area contributed by atoms with E-state index < -0.39 is 28.8 Å². The fourth-order valence-corrected chi connectivity index (χ4v) is 4.79. The number of hydrogen-bond donors (Lipinski definition) is 1. The third-order valence-corrected chi connectivity index (χ3v) is 6.82. The van der Waals surface area contributed by atoms with Gasteiger partial charge in [-0.3, -0.25) is 0 Å². The number of aromatic carboxylic acids is 1. The van der Waals surface area contributed by atoms with Crippen molar-refractivity contribution in [3.05, 3.63) is 100 Å². The molecule has 2 aliphatic rings. The average Bonchev–Trinajstić information content (AvgIpc) is 3.34. The van der Waals surface area contributed by atoms with Gasteiger partial charge in [0.2, 0.25) is 0 Å². The van der Waals surface area contributed by atoms with Gasteiger partial charge in [0.1, 0.15) is 11.5 Å². The second-order valence-electron chi connectivity index (χ2n) is 8.99. The average molecular weight is 592 g/mol. The molecule has 4 rings (SSSR count). The summed E-state index contributed by atoms with van der Waals surface area (Å²) in [5.41, 5.74) is 1.71. The summed E-state index contributed by atoms with van der Waals surface area (Å²) in [4.78, 5) is 42.6. The molecule has 2 aromatic carbocycles. The molecule has 12 heteroatoms. The minimum atomic E-state index is -1.96. The lowest BCUT2D eigenvalue weighted by atomic mass is 9.92. The maximum atomic E-state index is 12.9. The van der Waals surface area contributed by atoms with Crippen molar-refractivity contribution >= 4 is 45.8 Å². The van der Waals surface area contributed by atoms with Crippen LogP contribution in [0.15, 0.2) is 93.2 Å². The summed E-state index contributed by atoms with van der Waals surface area (Å²) in [5.74, 6) is -2.43. The molecule has 1 N–H and O–H groups in total. The molecule has 0 spiro atoms. The number of rotatable bonds is 10. The van der Waals surface area contributed by atoms with Gasteiger partial charge in [-0.25, -0.2) is 14.4 Å². The van der Waals surface area contributed by atoms with Crippen LogP contribution in [0.5, 0.6) is 5.75 Å². The molecule has 0 atom stereocenters. The van der Waals surface area contributed by atoms with Gasteiger partial charge in [-0.05, 0) is 55.3 Å². The van der Waals surface area contributed by atoms with Crippen molar-refractivity contribution in [2.24, 2.45) is 9.52 Å². The van der Waals surface area contributed by atoms with Crippen molar-refractivity contribution < 1.29 is 42.2 Å². The normalized spacial score (nSPS) is 17.3. The Morgan fingerprint density at radius 1 is 1.17 bits per heavy atom. The first kappa shape index (κ1) is 30.2. The van der Waals surface area contributed by atoms with E-state index in [0.29, 0.717) is 11.1 Å². The molecule has 0 radical (unpaired) electrons. The number of carbonyl (C=O) groups excluding carboxylic acids is 2. The zero-order valence-corrected chi connectivity index (χ0v) is 23.8. The topological polar surface area (TPSA) is 150 Å². The van der Waals surface area contributed by atoms with Gasteiger partial charge in [0.15, 0.2) is 0 Å². The fraction of sp³-hybridized carbons (Fsp3) is 0.200. The quantitative estimate of drug-likeness (QED) is 0.123. The third kappa shape index (κ3) is 6.73. The van der Waals surface area contributed by atoms with E-state index in [-0.39, 0.29) is 51.6 Å². The molecule has 0 aromatic heterocycles. The van der Waals surface area contributed by atoms with E-state index in [1.807, 2.05) is 6.92 Å². The maximum Gasteiger partial charge on any atom is 0.368 e. The Morgan fingerprint density at radius 3 is 2.69 bits per heavy atom. The van der Waals surface area contributed by atoms with Crippen LogP contribution in [0.2, 0.25) is 0 Å². The van der Waals surface area contributed by atoms with E-state index in [2.05, 4.69) is 9.52 Å². The first-order valence-corrected chi connectivity index (χ1v) is 13.9. The molecule has 0 bridgehead atoms. The summed E-state index contributed by atoms with van der Waals surface area (Å²) < 4.78 is 32.2. The highest BCUT2D eigenvalue weighted by Gasteiger charge is 2.29. The zero-order valence-electron chi connectivity index (χ0n) is 23.0. The van der Waals surface area contributed by atoms with E-state index in [1.165, 1.54) is 43.7 Å². The molecule has 0 amide bonds. The van der Waals surface area contributed by atoms with Crippen molar-refractivity contribution in [3.8, 4) is 5.75 Å². The molecule has 2 aromatic rings. The monoisotopic (exact) mass is 591 g/mol. The van der Waals surface area contributed by atoms with E-state index in [4.69, 9.17) is 18.5 Å². The molecular formula is C30H27N2O9S-. The van der Waals surface area contributed by atoms with Gasteiger partial charge in [0.25, 0.3) is 0 Å². The molecule has 0 aliphatic carbocycles. The van der Waals surface area contributed by atoms with Crippen LogP contribution in [0.3, 0.4) is 0 Å². The van der Waals surface area contributed by atoms with Crippen LogP contribution < -0.4 is 4.74 Å². The van der Waals surface area contributed by atoms with Crippen LogP contribution in [-0.4, -0.2) is 42.4 Å². The van der Waals surface area contributed by atoms with Crippen molar-refractivity contribution in [2.75, 3.05) is 13.7 Å². The molecule has 0 saturated heterocycles. The summed E-state index contributed by atoms with van der Waals surface area (Å²) in [6, 6.07) is 11.2. The van der Waals surface area contributed by atoms with Gasteiger partial charge in [0.05, 0.1) is 30.1 Å². The van der Waals surface area contributed by atoms with E-state index >= 15 is 0 Å². The number of hydrogen-bond acceptors (Lipinski definition) is 11. The number of methoxy groups -OCH3 is 1. The lowest BCUT2D eigenvalue weighted by molar-refractivity contribution is -0.137. The standard InChI is InChI=1S/C30H27N2O9S/c1-4-5-14-40-42(37)32-24-11-7-6-9-20(24)27-23(30(36)41-31-27)17-18(2)16-22(29(35)38-3)19-13-15-39-25-12-8-10-21(26(19)25)28(33)34/h6-13,15-17H,4-5,14H2,1-3H3,(H,33,34)/q-1/b18-16+,22-19+,23-17-. The summed E-state index contributed by atoms with van der Waals surface area (Å²) in [6.07, 6.45) is 7.33. The zero-order chi connectivity index (χ0) is 30.2. The minimum absolute atomic E-state index is 0.0289. The molecule has 218 valence electrons. The number of fused-ring (bicyclic) bond motifs is 1. The smallest absolute Gasteiger partial charge is 0.368 e. The number of nitrogens with zero attached hydrogens (tertiary/aromatic N) is 2. The predicted molar refractivity (Wildman–Crippen MR) is 154 cm³/mol. The summed E-state index contributed by atoms with van der Waals surface area (Å²) in [5, 5.41) is 13.7. The van der Waals surface area contributed by atoms with E-state index in [1.54, 1.807) is 37.3 Å². The Hall–Kier alpha value is -4.81. The van der Waals surface area contributed by atoms with Crippen molar-refractivity contribution in [1.29, 1.82) is 0 Å². The van der Waals surface area contributed by atoms with Crippen LogP contribution in [0.1, 0.15) is 48.2 Å². The van der Waals surface area contributed by atoms with Crippen LogP contribution >= 0.6 is 0 Å². The number of carboxylic acids is 1. The molecule has 11 nitrogen and oxygen atoms in total. The highest BCUT2D eigenvalue weighted by atomic mass is 32.2. The number of carboxylic acid groups (broad SMARTS) is 1. The molecule has 2 aliphatic heterocycles. The molecule has 2 heterocycles. The van der Waals surface area contributed by atoms with Gasteiger partial charge in [-0.2, -0.15) is 0 Å². The lowest BCUT2D eigenvalue weighted by Gasteiger charge is -2.18. The molecule has 0 unspecified atom stereocenters. The number of esters is 1. The first-order chi connectivity index (χ1) is 20.2. The number of unbranched alkanes of at least 4 members (excludes halogenated alkanes) is 1. The van der Waals surface area contributed by atoms with Gasteiger partial charge in [-0.1, -0.05) is 53.6 Å². The Balaban J connectivity index is 1.79.